The molecule has 0 bridgehead atoms. The van der Waals surface area contributed by atoms with E-state index in [1.165, 1.54) is 6.42 Å². The molecule has 1 fully saturated rings. The molecule has 0 saturated heterocycles. The van der Waals surface area contributed by atoms with Gasteiger partial charge in [-0.3, -0.25) is 0 Å². The molecule has 0 aliphatic heterocycles. The molecule has 1 aliphatic rings. The van der Waals surface area contributed by atoms with E-state index in [2.05, 4.69) is 18.6 Å². The number of hydrogen-bond donors (Lipinski definition) is 1. The van der Waals surface area contributed by atoms with Crippen molar-refractivity contribution in [2.45, 2.75) is 45.6 Å². The molecule has 0 heterocycles. The van der Waals surface area contributed by atoms with Crippen LogP contribution in [-0.2, 0) is 10.0 Å². The Kier molecular flexibility index (Phi) is 5.54. The van der Waals surface area contributed by atoms with Gasteiger partial charge in [-0.2, -0.15) is 0 Å². The van der Waals surface area contributed by atoms with Gasteiger partial charge >= 0.3 is 0 Å². The summed E-state index contributed by atoms with van der Waals surface area (Å²) in [5, 5.41) is 0. The zero-order valence-electron chi connectivity index (χ0n) is 10.1. The molecule has 1 aliphatic carbocycles. The van der Waals surface area contributed by atoms with Crippen molar-refractivity contribution in [3.8, 4) is 0 Å². The highest BCUT2D eigenvalue weighted by Gasteiger charge is 2.29. The van der Waals surface area contributed by atoms with Crippen molar-refractivity contribution in [1.82, 2.24) is 4.72 Å². The van der Waals surface area contributed by atoms with E-state index in [9.17, 15) is 8.42 Å². The predicted molar refractivity (Wildman–Crippen MR) is 68.2 cm³/mol. The van der Waals surface area contributed by atoms with E-state index in [1.807, 2.05) is 0 Å². The minimum Gasteiger partial charge on any atom is -0.212 e. The van der Waals surface area contributed by atoms with Crippen LogP contribution >= 0.6 is 11.6 Å². The first-order valence-electron chi connectivity index (χ1n) is 6.02. The van der Waals surface area contributed by atoms with Crippen LogP contribution in [0.4, 0.5) is 0 Å². The fourth-order valence-electron chi connectivity index (χ4n) is 2.28. The van der Waals surface area contributed by atoms with Gasteiger partial charge in [0.15, 0.2) is 0 Å². The number of nitrogens with one attached hydrogen (secondary N) is 1. The molecule has 3 atom stereocenters. The third-order valence-electron chi connectivity index (χ3n) is 3.58. The number of sulfonamides is 1. The lowest BCUT2D eigenvalue weighted by Gasteiger charge is -2.34. The van der Waals surface area contributed by atoms with Gasteiger partial charge in [0, 0.05) is 11.9 Å². The standard InChI is InChI=1S/C11H22ClNO2S/c1-9-5-3-6-11(10(9)2)13-16(14,15)8-4-7-12/h9-11,13H,3-8H2,1-2H3. The number of hydrogen-bond acceptors (Lipinski definition) is 2. The van der Waals surface area contributed by atoms with E-state index in [0.29, 0.717) is 24.1 Å². The summed E-state index contributed by atoms with van der Waals surface area (Å²) in [7, 11) is -3.13. The van der Waals surface area contributed by atoms with Gasteiger partial charge in [0.25, 0.3) is 0 Å². The van der Waals surface area contributed by atoms with Crippen LogP contribution in [-0.4, -0.2) is 26.1 Å². The van der Waals surface area contributed by atoms with Gasteiger partial charge < -0.3 is 0 Å². The highest BCUT2D eigenvalue weighted by molar-refractivity contribution is 7.89. The van der Waals surface area contributed by atoms with Gasteiger partial charge in [-0.15, -0.1) is 11.6 Å². The highest BCUT2D eigenvalue weighted by Crippen LogP contribution is 2.29. The van der Waals surface area contributed by atoms with Gasteiger partial charge in [-0.1, -0.05) is 26.7 Å². The fourth-order valence-corrected chi connectivity index (χ4v) is 4.01. The first-order chi connectivity index (χ1) is 7.46. The van der Waals surface area contributed by atoms with Gasteiger partial charge in [0.2, 0.25) is 10.0 Å². The van der Waals surface area contributed by atoms with Crippen molar-refractivity contribution in [2.75, 3.05) is 11.6 Å². The maximum Gasteiger partial charge on any atom is 0.211 e. The van der Waals surface area contributed by atoms with Gasteiger partial charge in [-0.05, 0) is 24.7 Å². The Morgan fingerprint density at radius 3 is 2.62 bits per heavy atom. The van der Waals surface area contributed by atoms with Crippen molar-refractivity contribution in [1.29, 1.82) is 0 Å². The van der Waals surface area contributed by atoms with Crippen LogP contribution in [0, 0.1) is 11.8 Å². The highest BCUT2D eigenvalue weighted by atomic mass is 35.5. The van der Waals surface area contributed by atoms with Crippen LogP contribution < -0.4 is 4.72 Å². The number of alkyl halides is 1. The molecule has 0 aromatic carbocycles. The smallest absolute Gasteiger partial charge is 0.211 e. The quantitative estimate of drug-likeness (QED) is 0.778. The first-order valence-corrected chi connectivity index (χ1v) is 8.21. The summed E-state index contributed by atoms with van der Waals surface area (Å²) in [5.74, 6) is 1.58. The van der Waals surface area contributed by atoms with Crippen LogP contribution in [0.1, 0.15) is 39.5 Å². The molecule has 3 unspecified atom stereocenters. The second-order valence-corrected chi connectivity index (χ2v) is 7.10. The minimum absolute atomic E-state index is 0.115. The zero-order valence-corrected chi connectivity index (χ0v) is 11.6. The van der Waals surface area contributed by atoms with E-state index in [-0.39, 0.29) is 11.8 Å². The largest absolute Gasteiger partial charge is 0.212 e. The molecule has 3 nitrogen and oxygen atoms in total. The molecule has 1 saturated carbocycles. The van der Waals surface area contributed by atoms with Crippen molar-refractivity contribution in [2.24, 2.45) is 11.8 Å². The zero-order chi connectivity index (χ0) is 12.2. The lowest BCUT2D eigenvalue weighted by Crippen LogP contribution is -2.44. The average Bonchev–Trinajstić information content (AvgIpc) is 2.22. The van der Waals surface area contributed by atoms with Gasteiger partial charge in [0.1, 0.15) is 0 Å². The molecule has 0 spiro atoms. The molecule has 96 valence electrons. The summed E-state index contributed by atoms with van der Waals surface area (Å²) >= 11 is 5.51. The number of rotatable bonds is 5. The molecule has 0 radical (unpaired) electrons. The maximum atomic E-state index is 11.7. The van der Waals surface area contributed by atoms with Crippen molar-refractivity contribution >= 4 is 21.6 Å². The SMILES string of the molecule is CC1CCCC(NS(=O)(=O)CCCCl)C1C. The summed E-state index contributed by atoms with van der Waals surface area (Å²) in [5.41, 5.74) is 0. The Morgan fingerprint density at radius 1 is 1.31 bits per heavy atom. The Balaban J connectivity index is 2.52. The molecule has 5 heteroatoms. The maximum absolute atomic E-state index is 11.7. The molecular formula is C11H22ClNO2S. The summed E-state index contributed by atoms with van der Waals surface area (Å²) in [6.07, 6.45) is 3.81. The Hall–Kier alpha value is 0.200. The Labute approximate surface area is 104 Å². The van der Waals surface area contributed by atoms with Crippen LogP contribution in [0.3, 0.4) is 0 Å². The normalized spacial score (nSPS) is 31.6. The predicted octanol–water partition coefficient (Wildman–Crippen LogP) is 2.36. The summed E-state index contributed by atoms with van der Waals surface area (Å²) in [6.45, 7) is 4.34. The number of halogens is 1. The van der Waals surface area contributed by atoms with Gasteiger partial charge in [-0.25, -0.2) is 13.1 Å². The molecule has 1 N–H and O–H groups in total. The minimum atomic E-state index is -3.13. The third kappa shape index (κ3) is 4.22. The van der Waals surface area contributed by atoms with Crippen LogP contribution in [0.2, 0.25) is 0 Å². The van der Waals surface area contributed by atoms with Crippen LogP contribution in [0.25, 0.3) is 0 Å². The second-order valence-electron chi connectivity index (χ2n) is 4.85. The summed E-state index contributed by atoms with van der Waals surface area (Å²) in [6, 6.07) is 0.115. The second kappa shape index (κ2) is 6.22. The Bertz CT molecular complexity index is 305. The van der Waals surface area contributed by atoms with E-state index < -0.39 is 10.0 Å². The lowest BCUT2D eigenvalue weighted by molar-refractivity contribution is 0.227. The average molecular weight is 268 g/mol. The molecular weight excluding hydrogens is 246 g/mol. The van der Waals surface area contributed by atoms with Crippen LogP contribution in [0.15, 0.2) is 0 Å². The molecule has 0 aromatic heterocycles. The third-order valence-corrected chi connectivity index (χ3v) is 5.34. The van der Waals surface area contributed by atoms with E-state index in [4.69, 9.17) is 11.6 Å². The van der Waals surface area contributed by atoms with E-state index >= 15 is 0 Å². The Morgan fingerprint density at radius 2 is 2.00 bits per heavy atom. The van der Waals surface area contributed by atoms with Crippen molar-refractivity contribution < 1.29 is 8.42 Å². The monoisotopic (exact) mass is 267 g/mol. The molecule has 0 amide bonds. The van der Waals surface area contributed by atoms with Crippen molar-refractivity contribution in [3.63, 3.8) is 0 Å². The molecule has 1 rings (SSSR count). The summed E-state index contributed by atoms with van der Waals surface area (Å²) < 4.78 is 26.3. The van der Waals surface area contributed by atoms with Crippen molar-refractivity contribution in [3.05, 3.63) is 0 Å². The first kappa shape index (κ1) is 14.3. The van der Waals surface area contributed by atoms with E-state index in [1.54, 1.807) is 0 Å². The van der Waals surface area contributed by atoms with Gasteiger partial charge in [0.05, 0.1) is 5.75 Å². The van der Waals surface area contributed by atoms with Crippen LogP contribution in [0.5, 0.6) is 0 Å². The molecule has 16 heavy (non-hydrogen) atoms. The fraction of sp³-hybridized carbons (Fsp3) is 1.00. The lowest BCUT2D eigenvalue weighted by atomic mass is 9.78. The summed E-state index contributed by atoms with van der Waals surface area (Å²) in [4.78, 5) is 0. The molecule has 0 aromatic rings. The topological polar surface area (TPSA) is 46.2 Å². The van der Waals surface area contributed by atoms with E-state index in [0.717, 1.165) is 12.8 Å².